The maximum atomic E-state index is 13.0. The van der Waals surface area contributed by atoms with Crippen LogP contribution in [-0.4, -0.2) is 21.0 Å². The molecule has 0 radical (unpaired) electrons. The van der Waals surface area contributed by atoms with E-state index in [1.54, 1.807) is 29.9 Å². The van der Waals surface area contributed by atoms with Gasteiger partial charge in [-0.15, -0.1) is 5.10 Å². The molecule has 1 heterocycles. The molecule has 3 aromatic rings. The molecule has 0 unspecified atom stereocenters. The number of hydrogen-bond donors (Lipinski definition) is 2. The lowest BCUT2D eigenvalue weighted by Crippen LogP contribution is -2.19. The smallest absolute Gasteiger partial charge is 0.308 e. The predicted octanol–water partition coefficient (Wildman–Crippen LogP) is 2.75. The Morgan fingerprint density at radius 1 is 1.14 bits per heavy atom. The highest BCUT2D eigenvalue weighted by Crippen LogP contribution is 2.17. The number of fused-ring (bicyclic) bond motifs is 1. The number of aromatic nitrogens is 3. The highest BCUT2D eigenvalue weighted by molar-refractivity contribution is 6.00. The number of rotatable bonds is 2. The van der Waals surface area contributed by atoms with Crippen LogP contribution in [0.25, 0.3) is 11.0 Å². The maximum absolute atomic E-state index is 13.0. The van der Waals surface area contributed by atoms with Crippen LogP contribution >= 0.6 is 0 Å². The summed E-state index contributed by atoms with van der Waals surface area (Å²) >= 11 is 0. The molecule has 0 bridgehead atoms. The van der Waals surface area contributed by atoms with Crippen LogP contribution in [0.15, 0.2) is 42.5 Å². The first-order valence-electron chi connectivity index (χ1n) is 6.25. The molecule has 2 aromatic carbocycles. The number of carbonyl (C=O) groups excluding carboxylic acids is 1. The Morgan fingerprint density at radius 3 is 2.67 bits per heavy atom. The third kappa shape index (κ3) is 2.81. The Balaban J connectivity index is 1.73. The third-order valence-electron chi connectivity index (χ3n) is 2.95. The van der Waals surface area contributed by atoms with Gasteiger partial charge in [-0.1, -0.05) is 11.3 Å². The Kier molecular flexibility index (Phi) is 3.23. The topological polar surface area (TPSA) is 71.8 Å². The summed E-state index contributed by atoms with van der Waals surface area (Å²) in [6.07, 6.45) is 0. The van der Waals surface area contributed by atoms with Gasteiger partial charge in [-0.2, -0.15) is 0 Å². The van der Waals surface area contributed by atoms with Crippen molar-refractivity contribution in [2.45, 2.75) is 0 Å². The van der Waals surface area contributed by atoms with Crippen molar-refractivity contribution in [2.75, 3.05) is 10.6 Å². The van der Waals surface area contributed by atoms with Crippen LogP contribution < -0.4 is 10.6 Å². The van der Waals surface area contributed by atoms with Gasteiger partial charge in [0.15, 0.2) is 0 Å². The zero-order chi connectivity index (χ0) is 14.8. The molecule has 0 fully saturated rings. The highest BCUT2D eigenvalue weighted by atomic mass is 19.1. The van der Waals surface area contributed by atoms with E-state index in [1.807, 2.05) is 6.07 Å². The Labute approximate surface area is 119 Å². The molecule has 106 valence electrons. The molecule has 3 rings (SSSR count). The molecule has 7 heteroatoms. The van der Waals surface area contributed by atoms with Gasteiger partial charge >= 0.3 is 6.03 Å². The van der Waals surface area contributed by atoms with Crippen LogP contribution in [0, 0.1) is 5.82 Å². The van der Waals surface area contributed by atoms with E-state index in [9.17, 15) is 9.18 Å². The summed E-state index contributed by atoms with van der Waals surface area (Å²) in [7, 11) is 1.79. The second kappa shape index (κ2) is 5.20. The zero-order valence-corrected chi connectivity index (χ0v) is 11.2. The fraction of sp³-hybridized carbons (Fsp3) is 0.0714. The first-order chi connectivity index (χ1) is 10.1. The van der Waals surface area contributed by atoms with Crippen LogP contribution in [0.1, 0.15) is 0 Å². The lowest BCUT2D eigenvalue weighted by molar-refractivity contribution is 0.262. The number of hydrogen-bond acceptors (Lipinski definition) is 3. The molecule has 0 saturated carbocycles. The molecular weight excluding hydrogens is 273 g/mol. The van der Waals surface area contributed by atoms with Gasteiger partial charge in [-0.3, -0.25) is 0 Å². The lowest BCUT2D eigenvalue weighted by Gasteiger charge is -2.07. The summed E-state index contributed by atoms with van der Waals surface area (Å²) in [5.74, 6) is -0.409. The number of anilines is 2. The van der Waals surface area contributed by atoms with Gasteiger partial charge in [0, 0.05) is 18.4 Å². The predicted molar refractivity (Wildman–Crippen MR) is 77.6 cm³/mol. The SMILES string of the molecule is Cn1nnc2cc(NC(=O)Nc3cccc(F)c3)ccc21. The van der Waals surface area contributed by atoms with Crippen molar-refractivity contribution in [2.24, 2.45) is 7.05 Å². The standard InChI is InChI=1S/C14H12FN5O/c1-20-13-6-5-11(8-12(13)18-19-20)17-14(21)16-10-4-2-3-9(15)7-10/h2-8H,1H3,(H2,16,17,21). The monoisotopic (exact) mass is 285 g/mol. The molecule has 1 aromatic heterocycles. The molecule has 0 aliphatic heterocycles. The Morgan fingerprint density at radius 2 is 1.90 bits per heavy atom. The molecule has 21 heavy (non-hydrogen) atoms. The molecule has 0 atom stereocenters. The fourth-order valence-corrected chi connectivity index (χ4v) is 1.98. The minimum Gasteiger partial charge on any atom is -0.308 e. The van der Waals surface area contributed by atoms with Crippen molar-refractivity contribution in [1.29, 1.82) is 0 Å². The maximum Gasteiger partial charge on any atom is 0.323 e. The fourth-order valence-electron chi connectivity index (χ4n) is 1.98. The van der Waals surface area contributed by atoms with E-state index in [1.165, 1.54) is 18.2 Å². The second-order valence-corrected chi connectivity index (χ2v) is 4.51. The van der Waals surface area contributed by atoms with E-state index in [0.29, 0.717) is 16.9 Å². The van der Waals surface area contributed by atoms with Crippen LogP contribution in [-0.2, 0) is 7.05 Å². The van der Waals surface area contributed by atoms with Crippen molar-refractivity contribution >= 4 is 28.4 Å². The highest BCUT2D eigenvalue weighted by Gasteiger charge is 2.06. The largest absolute Gasteiger partial charge is 0.323 e. The lowest BCUT2D eigenvalue weighted by atomic mass is 10.2. The molecule has 0 aliphatic carbocycles. The minimum absolute atomic E-state index is 0.382. The van der Waals surface area contributed by atoms with Gasteiger partial charge in [-0.25, -0.2) is 13.9 Å². The Bertz CT molecular complexity index is 814. The van der Waals surface area contributed by atoms with E-state index in [4.69, 9.17) is 0 Å². The number of halogens is 1. The molecule has 6 nitrogen and oxygen atoms in total. The van der Waals surface area contributed by atoms with Gasteiger partial charge in [-0.05, 0) is 36.4 Å². The van der Waals surface area contributed by atoms with Gasteiger partial charge in [0.05, 0.1) is 5.52 Å². The average molecular weight is 285 g/mol. The summed E-state index contributed by atoms with van der Waals surface area (Å²) in [5, 5.41) is 13.1. The van der Waals surface area contributed by atoms with E-state index in [2.05, 4.69) is 20.9 Å². The van der Waals surface area contributed by atoms with Gasteiger partial charge in [0.25, 0.3) is 0 Å². The number of nitrogens with one attached hydrogen (secondary N) is 2. The molecular formula is C14H12FN5O. The summed E-state index contributed by atoms with van der Waals surface area (Å²) < 4.78 is 14.7. The number of aryl methyl sites for hydroxylation is 1. The summed E-state index contributed by atoms with van der Waals surface area (Å²) in [5.41, 5.74) is 2.51. The molecule has 0 spiro atoms. The van der Waals surface area contributed by atoms with Crippen molar-refractivity contribution in [1.82, 2.24) is 15.0 Å². The Hall–Kier alpha value is -2.96. The van der Waals surface area contributed by atoms with Crippen LogP contribution in [0.2, 0.25) is 0 Å². The van der Waals surface area contributed by atoms with Gasteiger partial charge in [0.2, 0.25) is 0 Å². The van der Waals surface area contributed by atoms with E-state index in [-0.39, 0.29) is 0 Å². The number of carbonyl (C=O) groups is 1. The number of urea groups is 1. The van der Waals surface area contributed by atoms with Crippen molar-refractivity contribution in [3.63, 3.8) is 0 Å². The van der Waals surface area contributed by atoms with Crippen LogP contribution in [0.3, 0.4) is 0 Å². The number of amides is 2. The molecule has 2 N–H and O–H groups in total. The number of nitrogens with zero attached hydrogens (tertiary/aromatic N) is 3. The van der Waals surface area contributed by atoms with Crippen LogP contribution in [0.4, 0.5) is 20.6 Å². The van der Waals surface area contributed by atoms with Gasteiger partial charge < -0.3 is 10.6 Å². The minimum atomic E-state index is -0.455. The first-order valence-corrected chi connectivity index (χ1v) is 6.25. The van der Waals surface area contributed by atoms with Crippen molar-refractivity contribution in [3.05, 3.63) is 48.3 Å². The third-order valence-corrected chi connectivity index (χ3v) is 2.95. The summed E-state index contributed by atoms with van der Waals surface area (Å²) in [6, 6.07) is 10.5. The van der Waals surface area contributed by atoms with E-state index in [0.717, 1.165) is 5.52 Å². The van der Waals surface area contributed by atoms with Crippen molar-refractivity contribution < 1.29 is 9.18 Å². The average Bonchev–Trinajstić information content (AvgIpc) is 2.80. The molecule has 0 aliphatic rings. The van der Waals surface area contributed by atoms with Crippen LogP contribution in [0.5, 0.6) is 0 Å². The number of benzene rings is 2. The molecule has 0 saturated heterocycles. The molecule has 2 amide bonds. The van der Waals surface area contributed by atoms with Gasteiger partial charge in [0.1, 0.15) is 11.3 Å². The van der Waals surface area contributed by atoms with E-state index >= 15 is 0 Å². The zero-order valence-electron chi connectivity index (χ0n) is 11.2. The first kappa shape index (κ1) is 13.0. The summed E-state index contributed by atoms with van der Waals surface area (Å²) in [6.45, 7) is 0. The second-order valence-electron chi connectivity index (χ2n) is 4.51. The quantitative estimate of drug-likeness (QED) is 0.760. The van der Waals surface area contributed by atoms with Crippen molar-refractivity contribution in [3.8, 4) is 0 Å². The summed E-state index contributed by atoms with van der Waals surface area (Å²) in [4.78, 5) is 11.8. The normalized spacial score (nSPS) is 10.6. The van der Waals surface area contributed by atoms with E-state index < -0.39 is 11.8 Å².